The fraction of sp³-hybridized carbons (Fsp3) is 0.0714. The molecule has 0 saturated carbocycles. The number of hydrogen-bond donors (Lipinski definition) is 2. The summed E-state index contributed by atoms with van der Waals surface area (Å²) in [6, 6.07) is 32.3. The second-order valence-corrected chi connectivity index (χ2v) is 9.70. The first kappa shape index (κ1) is 23.8. The Hall–Kier alpha value is -3.35. The van der Waals surface area contributed by atoms with Gasteiger partial charge in [0.2, 0.25) is 5.91 Å². The van der Waals surface area contributed by atoms with Crippen molar-refractivity contribution in [3.8, 4) is 0 Å². The molecule has 0 spiro atoms. The fourth-order valence-corrected chi connectivity index (χ4v) is 4.85. The van der Waals surface area contributed by atoms with Gasteiger partial charge < -0.3 is 10.6 Å². The summed E-state index contributed by atoms with van der Waals surface area (Å²) in [4.78, 5) is 26.8. The minimum atomic E-state index is -0.444. The Balaban J connectivity index is 1.50. The number of nitrogens with one attached hydrogen (secondary N) is 2. The Kier molecular flexibility index (Phi) is 7.83. The van der Waals surface area contributed by atoms with E-state index in [-0.39, 0.29) is 11.8 Å². The molecule has 4 aromatic rings. The topological polar surface area (TPSA) is 58.2 Å². The van der Waals surface area contributed by atoms with Gasteiger partial charge in [-0.3, -0.25) is 9.59 Å². The molecule has 4 rings (SSSR count). The summed E-state index contributed by atoms with van der Waals surface area (Å²) < 4.78 is 0.828. The molecule has 0 aromatic heterocycles. The lowest BCUT2D eigenvalue weighted by Crippen LogP contribution is -2.19. The van der Waals surface area contributed by atoms with Crippen LogP contribution in [-0.2, 0) is 4.79 Å². The maximum Gasteiger partial charge on any atom is 0.255 e. The molecule has 4 aromatic carbocycles. The van der Waals surface area contributed by atoms with E-state index in [0.29, 0.717) is 11.3 Å². The standard InChI is InChI=1S/C28H23BrN2O2S/c1-19-9-5-6-12-23(19)27(32)30-21-15-17-22(18-16-21)34-26(20-10-3-2-4-11-20)28(33)31-25-14-8-7-13-24(25)29/h2-18,26H,1H3,(H,30,32)(H,31,33). The van der Waals surface area contributed by atoms with Gasteiger partial charge in [-0.25, -0.2) is 0 Å². The average molecular weight is 531 g/mol. The van der Waals surface area contributed by atoms with E-state index < -0.39 is 5.25 Å². The van der Waals surface area contributed by atoms with Gasteiger partial charge in [-0.1, -0.05) is 60.7 Å². The van der Waals surface area contributed by atoms with Crippen LogP contribution < -0.4 is 10.6 Å². The van der Waals surface area contributed by atoms with Crippen molar-refractivity contribution in [1.82, 2.24) is 0 Å². The summed E-state index contributed by atoms with van der Waals surface area (Å²) in [5, 5.41) is 5.52. The van der Waals surface area contributed by atoms with Gasteiger partial charge in [-0.2, -0.15) is 0 Å². The highest BCUT2D eigenvalue weighted by Gasteiger charge is 2.23. The number of anilines is 2. The molecule has 2 amide bonds. The Morgan fingerprint density at radius 1 is 0.765 bits per heavy atom. The van der Waals surface area contributed by atoms with E-state index in [2.05, 4.69) is 26.6 Å². The first-order valence-electron chi connectivity index (χ1n) is 10.8. The molecule has 0 aliphatic heterocycles. The largest absolute Gasteiger partial charge is 0.324 e. The molecule has 0 fully saturated rings. The third kappa shape index (κ3) is 5.95. The van der Waals surface area contributed by atoms with Crippen LogP contribution in [0.2, 0.25) is 0 Å². The highest BCUT2D eigenvalue weighted by atomic mass is 79.9. The zero-order chi connectivity index (χ0) is 23.9. The number of benzene rings is 4. The van der Waals surface area contributed by atoms with Gasteiger partial charge in [0.05, 0.1) is 5.69 Å². The van der Waals surface area contributed by atoms with Crippen molar-refractivity contribution >= 4 is 50.9 Å². The van der Waals surface area contributed by atoms with Gasteiger partial charge in [0.1, 0.15) is 5.25 Å². The maximum atomic E-state index is 13.3. The quantitative estimate of drug-likeness (QED) is 0.243. The van der Waals surface area contributed by atoms with Gasteiger partial charge >= 0.3 is 0 Å². The Bertz CT molecular complexity index is 1290. The molecule has 0 aliphatic carbocycles. The van der Waals surface area contributed by atoms with E-state index in [0.717, 1.165) is 26.2 Å². The minimum Gasteiger partial charge on any atom is -0.324 e. The summed E-state index contributed by atoms with van der Waals surface area (Å²) in [5.41, 5.74) is 3.91. The molecule has 0 heterocycles. The number of carbonyl (C=O) groups excluding carboxylic acids is 2. The Morgan fingerprint density at radius 2 is 1.41 bits per heavy atom. The first-order chi connectivity index (χ1) is 16.5. The highest BCUT2D eigenvalue weighted by molar-refractivity contribution is 9.10. The molecular formula is C28H23BrN2O2S. The van der Waals surface area contributed by atoms with Gasteiger partial charge in [0.15, 0.2) is 0 Å². The molecule has 1 unspecified atom stereocenters. The number of rotatable bonds is 7. The molecule has 0 radical (unpaired) electrons. The Labute approximate surface area is 211 Å². The smallest absolute Gasteiger partial charge is 0.255 e. The van der Waals surface area contributed by atoms with Crippen LogP contribution in [0.5, 0.6) is 0 Å². The maximum absolute atomic E-state index is 13.3. The molecule has 0 bridgehead atoms. The number of hydrogen-bond acceptors (Lipinski definition) is 3. The van der Waals surface area contributed by atoms with Crippen LogP contribution in [0.1, 0.15) is 26.7 Å². The van der Waals surface area contributed by atoms with Gasteiger partial charge in [-0.15, -0.1) is 11.8 Å². The van der Waals surface area contributed by atoms with Crippen molar-refractivity contribution in [2.24, 2.45) is 0 Å². The van der Waals surface area contributed by atoms with Gasteiger partial charge in [0.25, 0.3) is 5.91 Å². The van der Waals surface area contributed by atoms with Crippen LogP contribution in [0.15, 0.2) is 112 Å². The van der Waals surface area contributed by atoms with E-state index in [1.54, 1.807) is 0 Å². The fourth-order valence-electron chi connectivity index (χ4n) is 3.44. The number of halogens is 1. The second kappa shape index (κ2) is 11.2. The SMILES string of the molecule is Cc1ccccc1C(=O)Nc1ccc(SC(C(=O)Nc2ccccc2Br)c2ccccc2)cc1. The van der Waals surface area contributed by atoms with Crippen LogP contribution in [0.3, 0.4) is 0 Å². The van der Waals surface area contributed by atoms with Crippen molar-refractivity contribution in [3.05, 3.63) is 124 Å². The number of carbonyl (C=O) groups is 2. The van der Waals surface area contributed by atoms with E-state index in [4.69, 9.17) is 0 Å². The predicted molar refractivity (Wildman–Crippen MR) is 143 cm³/mol. The number of amides is 2. The van der Waals surface area contributed by atoms with Gasteiger partial charge in [-0.05, 0) is 76.4 Å². The van der Waals surface area contributed by atoms with Crippen LogP contribution in [-0.4, -0.2) is 11.8 Å². The van der Waals surface area contributed by atoms with Crippen LogP contribution in [0.25, 0.3) is 0 Å². The van der Waals surface area contributed by atoms with Crippen LogP contribution in [0, 0.1) is 6.92 Å². The molecule has 1 atom stereocenters. The summed E-state index contributed by atoms with van der Waals surface area (Å²) in [6.45, 7) is 1.91. The predicted octanol–water partition coefficient (Wildman–Crippen LogP) is 7.48. The average Bonchev–Trinajstić information content (AvgIpc) is 2.85. The number of thioether (sulfide) groups is 1. The third-order valence-electron chi connectivity index (χ3n) is 5.23. The molecule has 0 saturated heterocycles. The van der Waals surface area contributed by atoms with Crippen molar-refractivity contribution in [3.63, 3.8) is 0 Å². The Morgan fingerprint density at radius 3 is 2.12 bits per heavy atom. The zero-order valence-electron chi connectivity index (χ0n) is 18.5. The third-order valence-corrected chi connectivity index (χ3v) is 7.19. The minimum absolute atomic E-state index is 0.111. The molecule has 4 nitrogen and oxygen atoms in total. The first-order valence-corrected chi connectivity index (χ1v) is 12.4. The molecular weight excluding hydrogens is 508 g/mol. The molecule has 170 valence electrons. The summed E-state index contributed by atoms with van der Waals surface area (Å²) in [6.07, 6.45) is 0. The zero-order valence-corrected chi connectivity index (χ0v) is 20.9. The monoisotopic (exact) mass is 530 g/mol. The summed E-state index contributed by atoms with van der Waals surface area (Å²) in [7, 11) is 0. The van der Waals surface area contributed by atoms with Crippen molar-refractivity contribution in [1.29, 1.82) is 0 Å². The second-order valence-electron chi connectivity index (χ2n) is 7.67. The highest BCUT2D eigenvalue weighted by Crippen LogP contribution is 2.37. The lowest BCUT2D eigenvalue weighted by molar-refractivity contribution is -0.115. The van der Waals surface area contributed by atoms with E-state index >= 15 is 0 Å². The molecule has 34 heavy (non-hydrogen) atoms. The molecule has 0 aliphatic rings. The van der Waals surface area contributed by atoms with E-state index in [1.165, 1.54) is 11.8 Å². The lowest BCUT2D eigenvalue weighted by atomic mass is 10.1. The van der Waals surface area contributed by atoms with Crippen molar-refractivity contribution in [2.75, 3.05) is 10.6 Å². The van der Waals surface area contributed by atoms with Crippen molar-refractivity contribution in [2.45, 2.75) is 17.1 Å². The molecule has 6 heteroatoms. The normalized spacial score (nSPS) is 11.5. The van der Waals surface area contributed by atoms with Crippen LogP contribution >= 0.6 is 27.7 Å². The van der Waals surface area contributed by atoms with Gasteiger partial charge in [0, 0.05) is 20.6 Å². The summed E-state index contributed by atoms with van der Waals surface area (Å²) in [5.74, 6) is -0.256. The van der Waals surface area contributed by atoms with Crippen LogP contribution in [0.4, 0.5) is 11.4 Å². The van der Waals surface area contributed by atoms with E-state index in [1.807, 2.05) is 110 Å². The molecule has 2 N–H and O–H groups in total. The van der Waals surface area contributed by atoms with E-state index in [9.17, 15) is 9.59 Å². The van der Waals surface area contributed by atoms with Crippen molar-refractivity contribution < 1.29 is 9.59 Å². The number of para-hydroxylation sites is 1. The number of aryl methyl sites for hydroxylation is 1. The summed E-state index contributed by atoms with van der Waals surface area (Å²) >= 11 is 4.95. The lowest BCUT2D eigenvalue weighted by Gasteiger charge is -2.18.